The number of hydrogen-bond donors (Lipinski definition) is 4. The van der Waals surface area contributed by atoms with Gasteiger partial charge in [-0.05, 0) is 36.1 Å². The lowest BCUT2D eigenvalue weighted by atomic mass is 10.0. The number of aryl methyl sites for hydroxylation is 2. The van der Waals surface area contributed by atoms with Crippen LogP contribution >= 0.6 is 0 Å². The molecule has 0 atom stereocenters. The van der Waals surface area contributed by atoms with Gasteiger partial charge in [0.2, 0.25) is 0 Å². The number of benzene rings is 2. The van der Waals surface area contributed by atoms with Gasteiger partial charge in [-0.15, -0.1) is 0 Å². The van der Waals surface area contributed by atoms with Crippen LogP contribution in [0, 0.1) is 0 Å². The van der Waals surface area contributed by atoms with E-state index < -0.39 is 0 Å². The monoisotopic (exact) mass is 244 g/mol. The zero-order valence-corrected chi connectivity index (χ0v) is 9.93. The molecule has 0 radical (unpaired) electrons. The van der Waals surface area contributed by atoms with Crippen LogP contribution in [0.1, 0.15) is 11.1 Å². The third kappa shape index (κ3) is 2.32. The van der Waals surface area contributed by atoms with E-state index in [2.05, 4.69) is 0 Å². The summed E-state index contributed by atoms with van der Waals surface area (Å²) in [6.07, 6.45) is 1.32. The van der Waals surface area contributed by atoms with Gasteiger partial charge in [0.1, 0.15) is 11.5 Å². The van der Waals surface area contributed by atoms with Crippen LogP contribution in [-0.4, -0.2) is 10.2 Å². The molecule has 0 aliphatic carbocycles. The topological polar surface area (TPSA) is 92.5 Å². The first-order valence-electron chi connectivity index (χ1n) is 5.72. The van der Waals surface area contributed by atoms with E-state index in [0.717, 1.165) is 11.1 Å². The van der Waals surface area contributed by atoms with Crippen molar-refractivity contribution in [3.63, 3.8) is 0 Å². The minimum Gasteiger partial charge on any atom is -0.506 e. The van der Waals surface area contributed by atoms with Gasteiger partial charge in [-0.1, -0.05) is 24.3 Å². The summed E-state index contributed by atoms with van der Waals surface area (Å²) in [6, 6.07) is 10.4. The van der Waals surface area contributed by atoms with Crippen LogP contribution in [0.3, 0.4) is 0 Å². The molecule has 2 aromatic carbocycles. The maximum atomic E-state index is 9.51. The third-order valence-electron chi connectivity index (χ3n) is 3.01. The van der Waals surface area contributed by atoms with Crippen molar-refractivity contribution in [3.8, 4) is 11.5 Å². The molecule has 94 valence electrons. The lowest BCUT2D eigenvalue weighted by molar-refractivity contribution is 0.476. The Morgan fingerprint density at radius 1 is 0.722 bits per heavy atom. The molecule has 0 bridgehead atoms. The Bertz CT molecular complexity index is 516. The van der Waals surface area contributed by atoms with Gasteiger partial charge in [-0.25, -0.2) is 0 Å². The van der Waals surface area contributed by atoms with E-state index in [4.69, 9.17) is 11.5 Å². The lowest BCUT2D eigenvalue weighted by Gasteiger charge is -2.09. The highest BCUT2D eigenvalue weighted by Gasteiger charge is 2.07. The fraction of sp³-hybridized carbons (Fsp3) is 0.143. The van der Waals surface area contributed by atoms with E-state index in [9.17, 15) is 10.2 Å². The van der Waals surface area contributed by atoms with Crippen molar-refractivity contribution in [1.29, 1.82) is 0 Å². The van der Waals surface area contributed by atoms with E-state index in [1.165, 1.54) is 0 Å². The third-order valence-corrected chi connectivity index (χ3v) is 3.01. The summed E-state index contributed by atoms with van der Waals surface area (Å²) in [5.41, 5.74) is 14.1. The van der Waals surface area contributed by atoms with Crippen molar-refractivity contribution in [2.75, 3.05) is 11.5 Å². The van der Waals surface area contributed by atoms with Crippen LogP contribution in [0.15, 0.2) is 36.4 Å². The highest BCUT2D eigenvalue weighted by Crippen LogP contribution is 2.27. The van der Waals surface area contributed by atoms with Gasteiger partial charge in [-0.2, -0.15) is 0 Å². The van der Waals surface area contributed by atoms with E-state index >= 15 is 0 Å². The summed E-state index contributed by atoms with van der Waals surface area (Å²) in [6.45, 7) is 0. The first kappa shape index (κ1) is 12.1. The van der Waals surface area contributed by atoms with Crippen molar-refractivity contribution in [1.82, 2.24) is 0 Å². The summed E-state index contributed by atoms with van der Waals surface area (Å²) in [5.74, 6) is 0.188. The van der Waals surface area contributed by atoms with Gasteiger partial charge in [0.05, 0.1) is 11.4 Å². The molecule has 0 amide bonds. The Morgan fingerprint density at radius 3 is 1.50 bits per heavy atom. The molecule has 0 aromatic heterocycles. The van der Waals surface area contributed by atoms with Gasteiger partial charge in [0.15, 0.2) is 0 Å². The number of aromatic hydroxyl groups is 2. The molecule has 6 N–H and O–H groups in total. The quantitative estimate of drug-likeness (QED) is 0.491. The maximum absolute atomic E-state index is 9.51. The molecule has 4 nitrogen and oxygen atoms in total. The van der Waals surface area contributed by atoms with E-state index in [0.29, 0.717) is 24.2 Å². The van der Waals surface area contributed by atoms with Gasteiger partial charge >= 0.3 is 0 Å². The second kappa shape index (κ2) is 4.87. The molecule has 2 aromatic rings. The average Bonchev–Trinajstić information content (AvgIpc) is 2.36. The number of para-hydroxylation sites is 2. The summed E-state index contributed by atoms with van der Waals surface area (Å²) >= 11 is 0. The number of nitrogen functional groups attached to an aromatic ring is 2. The maximum Gasteiger partial charge on any atom is 0.138 e. The zero-order valence-electron chi connectivity index (χ0n) is 9.93. The predicted octanol–water partition coefficient (Wildman–Crippen LogP) is 2.05. The van der Waals surface area contributed by atoms with Crippen molar-refractivity contribution in [2.45, 2.75) is 12.8 Å². The SMILES string of the molecule is Nc1c(O)cccc1CCc1cccc(O)c1N. The van der Waals surface area contributed by atoms with E-state index in [-0.39, 0.29) is 11.5 Å². The molecule has 0 spiro atoms. The number of rotatable bonds is 3. The molecule has 0 aliphatic rings. The molecule has 18 heavy (non-hydrogen) atoms. The number of phenolic OH excluding ortho intramolecular Hbond substituents is 2. The van der Waals surface area contributed by atoms with Crippen LogP contribution in [0.4, 0.5) is 11.4 Å². The molecule has 2 rings (SSSR count). The molecule has 0 heterocycles. The minimum atomic E-state index is 0.0939. The van der Waals surface area contributed by atoms with Crippen molar-refractivity contribution in [2.24, 2.45) is 0 Å². The molecule has 0 aliphatic heterocycles. The first-order chi connectivity index (χ1) is 8.59. The van der Waals surface area contributed by atoms with Gasteiger partial charge in [0.25, 0.3) is 0 Å². The van der Waals surface area contributed by atoms with Crippen LogP contribution in [0.2, 0.25) is 0 Å². The minimum absolute atomic E-state index is 0.0939. The van der Waals surface area contributed by atoms with E-state index in [1.807, 2.05) is 12.1 Å². The Labute approximate surface area is 105 Å². The van der Waals surface area contributed by atoms with Crippen molar-refractivity contribution >= 4 is 11.4 Å². The second-order valence-electron chi connectivity index (χ2n) is 4.20. The van der Waals surface area contributed by atoms with Crippen molar-refractivity contribution in [3.05, 3.63) is 47.5 Å². The largest absolute Gasteiger partial charge is 0.506 e. The van der Waals surface area contributed by atoms with Gasteiger partial charge < -0.3 is 21.7 Å². The van der Waals surface area contributed by atoms with Gasteiger partial charge in [0, 0.05) is 0 Å². The average molecular weight is 244 g/mol. The number of nitrogens with two attached hydrogens (primary N) is 2. The normalized spacial score (nSPS) is 10.4. The smallest absolute Gasteiger partial charge is 0.138 e. The van der Waals surface area contributed by atoms with Crippen molar-refractivity contribution < 1.29 is 10.2 Å². The summed E-state index contributed by atoms with van der Waals surface area (Å²) in [4.78, 5) is 0. The number of phenols is 2. The Morgan fingerprint density at radius 2 is 1.11 bits per heavy atom. The van der Waals surface area contributed by atoms with Crippen LogP contribution in [-0.2, 0) is 12.8 Å². The Kier molecular flexibility index (Phi) is 3.28. The summed E-state index contributed by atoms with van der Waals surface area (Å²) < 4.78 is 0. The van der Waals surface area contributed by atoms with E-state index in [1.54, 1.807) is 24.3 Å². The van der Waals surface area contributed by atoms with Crippen LogP contribution in [0.25, 0.3) is 0 Å². The molecular weight excluding hydrogens is 228 g/mol. The molecule has 0 unspecified atom stereocenters. The Hall–Kier alpha value is -2.36. The van der Waals surface area contributed by atoms with Crippen LogP contribution < -0.4 is 11.5 Å². The van der Waals surface area contributed by atoms with Crippen LogP contribution in [0.5, 0.6) is 11.5 Å². The molecule has 0 fully saturated rings. The lowest BCUT2D eigenvalue weighted by Crippen LogP contribution is -2.00. The fourth-order valence-corrected chi connectivity index (χ4v) is 1.90. The predicted molar refractivity (Wildman–Crippen MR) is 72.4 cm³/mol. The molecule has 0 saturated heterocycles. The number of hydrogen-bond acceptors (Lipinski definition) is 4. The first-order valence-corrected chi connectivity index (χ1v) is 5.72. The standard InChI is InChI=1S/C14H16N2O2/c15-13-9(3-1-5-11(13)17)7-8-10-4-2-6-12(18)14(10)16/h1-6,17-18H,7-8,15-16H2. The van der Waals surface area contributed by atoms with Gasteiger partial charge in [-0.3, -0.25) is 0 Å². The zero-order chi connectivity index (χ0) is 13.1. The Balaban J connectivity index is 2.17. The second-order valence-corrected chi connectivity index (χ2v) is 4.20. The summed E-state index contributed by atoms with van der Waals surface area (Å²) in [7, 11) is 0. The molecule has 4 heteroatoms. The highest BCUT2D eigenvalue weighted by molar-refractivity contribution is 5.60. The summed E-state index contributed by atoms with van der Waals surface area (Å²) in [5, 5.41) is 19.0. The fourth-order valence-electron chi connectivity index (χ4n) is 1.90. The number of anilines is 2. The molecule has 0 saturated carbocycles. The highest BCUT2D eigenvalue weighted by atomic mass is 16.3. The molecular formula is C14H16N2O2.